The number of nitrogens with one attached hydrogen (secondary N) is 1. The molecule has 0 atom stereocenters. The number of carbonyl (C=O) groups is 2. The van der Waals surface area contributed by atoms with E-state index in [2.05, 4.69) is 21.2 Å². The predicted octanol–water partition coefficient (Wildman–Crippen LogP) is 1.72. The third kappa shape index (κ3) is 2.90. The summed E-state index contributed by atoms with van der Waals surface area (Å²) in [5.74, 6) is -0.167. The summed E-state index contributed by atoms with van der Waals surface area (Å²) >= 11 is 3.37. The minimum absolute atomic E-state index is 0.0779. The van der Waals surface area contributed by atoms with Gasteiger partial charge in [0.25, 0.3) is 5.91 Å². The van der Waals surface area contributed by atoms with Crippen molar-refractivity contribution in [2.45, 2.75) is 13.3 Å². The van der Waals surface area contributed by atoms with Crippen LogP contribution in [0.3, 0.4) is 0 Å². The molecule has 0 aromatic heterocycles. The summed E-state index contributed by atoms with van der Waals surface area (Å²) in [6, 6.07) is 5.61. The first-order valence-electron chi connectivity index (χ1n) is 5.90. The number of halogens is 1. The maximum absolute atomic E-state index is 12.4. The van der Waals surface area contributed by atoms with Crippen LogP contribution in [0.25, 0.3) is 0 Å². The molecule has 0 saturated carbocycles. The molecule has 0 unspecified atom stereocenters. The van der Waals surface area contributed by atoms with E-state index in [1.54, 1.807) is 11.0 Å². The van der Waals surface area contributed by atoms with Crippen LogP contribution in [0.15, 0.2) is 22.7 Å². The lowest BCUT2D eigenvalue weighted by molar-refractivity contribution is -0.121. The summed E-state index contributed by atoms with van der Waals surface area (Å²) in [6.07, 6.45) is 0.796. The maximum atomic E-state index is 12.4. The van der Waals surface area contributed by atoms with Crippen molar-refractivity contribution >= 4 is 27.7 Å². The number of benzene rings is 1. The maximum Gasteiger partial charge on any atom is 0.254 e. The Balaban J connectivity index is 2.24. The molecule has 2 amide bonds. The van der Waals surface area contributed by atoms with E-state index in [0.29, 0.717) is 18.7 Å². The molecule has 96 valence electrons. The lowest BCUT2D eigenvalue weighted by Crippen LogP contribution is -2.37. The number of nitrogens with zero attached hydrogens (tertiary/aromatic N) is 1. The molecule has 1 heterocycles. The summed E-state index contributed by atoms with van der Waals surface area (Å²) in [7, 11) is 0. The van der Waals surface area contributed by atoms with Gasteiger partial charge < -0.3 is 10.2 Å². The van der Waals surface area contributed by atoms with Gasteiger partial charge in [0.15, 0.2) is 0 Å². The van der Waals surface area contributed by atoms with E-state index >= 15 is 0 Å². The molecule has 0 spiro atoms. The molecule has 0 bridgehead atoms. The fraction of sp³-hybridized carbons (Fsp3) is 0.385. The van der Waals surface area contributed by atoms with Gasteiger partial charge in [-0.15, -0.1) is 0 Å². The Kier molecular flexibility index (Phi) is 4.01. The van der Waals surface area contributed by atoms with Crippen molar-refractivity contribution in [1.29, 1.82) is 0 Å². The van der Waals surface area contributed by atoms with Crippen molar-refractivity contribution in [2.75, 3.05) is 19.6 Å². The zero-order valence-electron chi connectivity index (χ0n) is 10.2. The second kappa shape index (κ2) is 5.52. The SMILES string of the molecule is Cc1ccc(Br)cc1C(=O)N1CCCNC(=O)C1. The fourth-order valence-corrected chi connectivity index (χ4v) is 2.34. The molecule has 0 aliphatic carbocycles. The number of hydrogen-bond donors (Lipinski definition) is 1. The van der Waals surface area contributed by atoms with Crippen LogP contribution in [0.5, 0.6) is 0 Å². The quantitative estimate of drug-likeness (QED) is 0.858. The van der Waals surface area contributed by atoms with E-state index in [-0.39, 0.29) is 18.4 Å². The second-order valence-corrected chi connectivity index (χ2v) is 5.31. The van der Waals surface area contributed by atoms with E-state index in [9.17, 15) is 9.59 Å². The van der Waals surface area contributed by atoms with Crippen LogP contribution in [0, 0.1) is 6.92 Å². The molecule has 5 heteroatoms. The summed E-state index contributed by atoms with van der Waals surface area (Å²) < 4.78 is 0.871. The lowest BCUT2D eigenvalue weighted by atomic mass is 10.1. The highest BCUT2D eigenvalue weighted by molar-refractivity contribution is 9.10. The third-order valence-electron chi connectivity index (χ3n) is 2.98. The Morgan fingerprint density at radius 1 is 1.44 bits per heavy atom. The van der Waals surface area contributed by atoms with E-state index in [0.717, 1.165) is 16.5 Å². The largest absolute Gasteiger partial charge is 0.354 e. The third-order valence-corrected chi connectivity index (χ3v) is 3.47. The summed E-state index contributed by atoms with van der Waals surface area (Å²) in [5.41, 5.74) is 1.58. The van der Waals surface area contributed by atoms with Crippen molar-refractivity contribution in [3.63, 3.8) is 0 Å². The van der Waals surface area contributed by atoms with Gasteiger partial charge in [-0.25, -0.2) is 0 Å². The van der Waals surface area contributed by atoms with Gasteiger partial charge in [0.2, 0.25) is 5.91 Å². The molecule has 4 nitrogen and oxygen atoms in total. The van der Waals surface area contributed by atoms with Gasteiger partial charge in [-0.2, -0.15) is 0 Å². The minimum Gasteiger partial charge on any atom is -0.354 e. The summed E-state index contributed by atoms with van der Waals surface area (Å²) in [6.45, 7) is 3.30. The molecule has 1 saturated heterocycles. The molecule has 1 aromatic carbocycles. The van der Waals surface area contributed by atoms with Crippen molar-refractivity contribution in [3.8, 4) is 0 Å². The molecule has 1 aromatic rings. The summed E-state index contributed by atoms with van der Waals surface area (Å²) in [4.78, 5) is 25.5. The molecule has 2 rings (SSSR count). The number of amides is 2. The van der Waals surface area contributed by atoms with Crippen LogP contribution in [-0.4, -0.2) is 36.3 Å². The Morgan fingerprint density at radius 3 is 3.00 bits per heavy atom. The van der Waals surface area contributed by atoms with Crippen LogP contribution in [0.2, 0.25) is 0 Å². The van der Waals surface area contributed by atoms with Gasteiger partial charge in [-0.1, -0.05) is 22.0 Å². The average Bonchev–Trinajstić information content (AvgIpc) is 2.56. The smallest absolute Gasteiger partial charge is 0.254 e. The normalized spacial score (nSPS) is 16.1. The van der Waals surface area contributed by atoms with Gasteiger partial charge >= 0.3 is 0 Å². The van der Waals surface area contributed by atoms with Gasteiger partial charge in [-0.05, 0) is 31.0 Å². The van der Waals surface area contributed by atoms with Crippen LogP contribution >= 0.6 is 15.9 Å². The lowest BCUT2D eigenvalue weighted by Gasteiger charge is -2.20. The Labute approximate surface area is 114 Å². The van der Waals surface area contributed by atoms with Crippen LogP contribution in [0.4, 0.5) is 0 Å². The molecular formula is C13H15BrN2O2. The number of hydrogen-bond acceptors (Lipinski definition) is 2. The molecule has 1 N–H and O–H groups in total. The highest BCUT2D eigenvalue weighted by Crippen LogP contribution is 2.18. The predicted molar refractivity (Wildman–Crippen MR) is 72.4 cm³/mol. The van der Waals surface area contributed by atoms with Gasteiger partial charge in [0.05, 0.1) is 6.54 Å². The Hall–Kier alpha value is -1.36. The highest BCUT2D eigenvalue weighted by Gasteiger charge is 2.22. The van der Waals surface area contributed by atoms with Crippen LogP contribution in [-0.2, 0) is 4.79 Å². The molecule has 1 fully saturated rings. The molecule has 18 heavy (non-hydrogen) atoms. The van der Waals surface area contributed by atoms with Crippen LogP contribution < -0.4 is 5.32 Å². The summed E-state index contributed by atoms with van der Waals surface area (Å²) in [5, 5.41) is 2.76. The first-order valence-corrected chi connectivity index (χ1v) is 6.69. The minimum atomic E-state index is -0.0894. The monoisotopic (exact) mass is 310 g/mol. The zero-order chi connectivity index (χ0) is 13.1. The van der Waals surface area contributed by atoms with Crippen molar-refractivity contribution < 1.29 is 9.59 Å². The van der Waals surface area contributed by atoms with Gasteiger partial charge in [0.1, 0.15) is 0 Å². The van der Waals surface area contributed by atoms with Crippen molar-refractivity contribution in [1.82, 2.24) is 10.2 Å². The average molecular weight is 311 g/mol. The molecule has 1 aliphatic heterocycles. The molecule has 0 radical (unpaired) electrons. The first kappa shape index (κ1) is 13.1. The van der Waals surface area contributed by atoms with Crippen LogP contribution in [0.1, 0.15) is 22.3 Å². The van der Waals surface area contributed by atoms with E-state index in [1.165, 1.54) is 0 Å². The van der Waals surface area contributed by atoms with Gasteiger partial charge in [0, 0.05) is 23.1 Å². The number of aryl methyl sites for hydroxylation is 1. The number of rotatable bonds is 1. The van der Waals surface area contributed by atoms with Crippen molar-refractivity contribution in [2.24, 2.45) is 0 Å². The van der Waals surface area contributed by atoms with E-state index in [4.69, 9.17) is 0 Å². The van der Waals surface area contributed by atoms with Gasteiger partial charge in [-0.3, -0.25) is 9.59 Å². The first-order chi connectivity index (χ1) is 8.58. The van der Waals surface area contributed by atoms with E-state index in [1.807, 2.05) is 19.1 Å². The second-order valence-electron chi connectivity index (χ2n) is 4.39. The highest BCUT2D eigenvalue weighted by atomic mass is 79.9. The molecule has 1 aliphatic rings. The Bertz CT molecular complexity index is 488. The van der Waals surface area contributed by atoms with Crippen molar-refractivity contribution in [3.05, 3.63) is 33.8 Å². The fourth-order valence-electron chi connectivity index (χ4n) is 1.97. The zero-order valence-corrected chi connectivity index (χ0v) is 11.8. The molecular weight excluding hydrogens is 296 g/mol. The van der Waals surface area contributed by atoms with E-state index < -0.39 is 0 Å². The Morgan fingerprint density at radius 2 is 2.22 bits per heavy atom. The number of carbonyl (C=O) groups excluding carboxylic acids is 2. The standard InChI is InChI=1S/C13H15BrN2O2/c1-9-3-4-10(14)7-11(9)13(18)16-6-2-5-15-12(17)8-16/h3-4,7H,2,5-6,8H2,1H3,(H,15,17). The topological polar surface area (TPSA) is 49.4 Å².